The molecule has 2 N–H and O–H groups in total. The third-order valence-electron chi connectivity index (χ3n) is 3.99. The molecule has 0 aliphatic carbocycles. The van der Waals surface area contributed by atoms with Crippen LogP contribution in [0.25, 0.3) is 0 Å². The summed E-state index contributed by atoms with van der Waals surface area (Å²) in [6.45, 7) is 9.64. The van der Waals surface area contributed by atoms with Crippen LogP contribution < -0.4 is 10.6 Å². The van der Waals surface area contributed by atoms with Gasteiger partial charge in [0.05, 0.1) is 6.54 Å². The van der Waals surface area contributed by atoms with Gasteiger partial charge in [0.1, 0.15) is 0 Å². The maximum Gasteiger partial charge on any atom is 0.238 e. The molecule has 2 rings (SSSR count). The third-order valence-corrected chi connectivity index (χ3v) is 3.99. The fourth-order valence-electron chi connectivity index (χ4n) is 2.68. The van der Waals surface area contributed by atoms with Crippen LogP contribution in [0.15, 0.2) is 18.2 Å². The number of hydrogen-bond acceptors (Lipinski definition) is 3. The smallest absolute Gasteiger partial charge is 0.238 e. The summed E-state index contributed by atoms with van der Waals surface area (Å²) in [5.41, 5.74) is 3.32. The Balaban J connectivity index is 0.00000220. The Morgan fingerprint density at radius 3 is 2.90 bits per heavy atom. The highest BCUT2D eigenvalue weighted by molar-refractivity contribution is 5.93. The molecular weight excluding hydrogens is 286 g/mol. The number of amides is 1. The average molecular weight is 312 g/mol. The first-order valence-electron chi connectivity index (χ1n) is 7.45. The number of rotatable bonds is 4. The quantitative estimate of drug-likeness (QED) is 0.896. The summed E-state index contributed by atoms with van der Waals surface area (Å²) >= 11 is 0. The molecular formula is C16H26ClN3O. The van der Waals surface area contributed by atoms with Crippen molar-refractivity contribution in [3.8, 4) is 0 Å². The molecule has 1 atom stereocenters. The van der Waals surface area contributed by atoms with Gasteiger partial charge in [0.25, 0.3) is 0 Å². The van der Waals surface area contributed by atoms with Crippen molar-refractivity contribution in [2.45, 2.75) is 33.2 Å². The number of aryl methyl sites for hydroxylation is 2. The molecule has 1 fully saturated rings. The van der Waals surface area contributed by atoms with Crippen LogP contribution in [0.1, 0.15) is 25.0 Å². The molecule has 118 valence electrons. The van der Waals surface area contributed by atoms with Gasteiger partial charge in [-0.2, -0.15) is 0 Å². The van der Waals surface area contributed by atoms with Gasteiger partial charge in [-0.3, -0.25) is 9.69 Å². The van der Waals surface area contributed by atoms with Crippen LogP contribution in [0, 0.1) is 6.92 Å². The van der Waals surface area contributed by atoms with Gasteiger partial charge < -0.3 is 10.6 Å². The maximum absolute atomic E-state index is 12.3. The van der Waals surface area contributed by atoms with Crippen molar-refractivity contribution in [2.24, 2.45) is 0 Å². The Morgan fingerprint density at radius 1 is 1.48 bits per heavy atom. The van der Waals surface area contributed by atoms with Crippen LogP contribution in [0.2, 0.25) is 0 Å². The van der Waals surface area contributed by atoms with Crippen LogP contribution in [0.5, 0.6) is 0 Å². The Kier molecular flexibility index (Phi) is 7.15. The first-order chi connectivity index (χ1) is 9.61. The van der Waals surface area contributed by atoms with E-state index in [-0.39, 0.29) is 18.3 Å². The molecule has 0 spiro atoms. The van der Waals surface area contributed by atoms with Gasteiger partial charge in [-0.05, 0) is 31.4 Å². The number of carbonyl (C=O) groups excluding carboxylic acids is 1. The molecule has 1 unspecified atom stereocenters. The molecule has 5 heteroatoms. The first kappa shape index (κ1) is 18.0. The van der Waals surface area contributed by atoms with E-state index in [1.54, 1.807) is 0 Å². The number of para-hydroxylation sites is 1. The molecule has 1 heterocycles. The van der Waals surface area contributed by atoms with Gasteiger partial charge in [0.15, 0.2) is 0 Å². The second-order valence-electron chi connectivity index (χ2n) is 5.53. The standard InChI is InChI=1S/C16H25N3O.ClH/c1-4-14-7-5-6-12(2)16(14)18-15(20)11-19-9-8-17-10-13(19)3;/h5-7,13,17H,4,8-11H2,1-3H3,(H,18,20);1H. The molecule has 0 radical (unpaired) electrons. The molecule has 1 aromatic carbocycles. The average Bonchev–Trinajstić information content (AvgIpc) is 2.43. The molecule has 0 saturated carbocycles. The highest BCUT2D eigenvalue weighted by atomic mass is 35.5. The molecule has 1 amide bonds. The normalized spacial score (nSPS) is 18.9. The van der Waals surface area contributed by atoms with Crippen LogP contribution in [-0.4, -0.2) is 43.0 Å². The van der Waals surface area contributed by atoms with Gasteiger partial charge >= 0.3 is 0 Å². The highest BCUT2D eigenvalue weighted by Crippen LogP contribution is 2.21. The molecule has 1 saturated heterocycles. The monoisotopic (exact) mass is 311 g/mol. The molecule has 0 aromatic heterocycles. The van der Waals surface area contributed by atoms with E-state index in [1.165, 1.54) is 5.56 Å². The summed E-state index contributed by atoms with van der Waals surface area (Å²) in [6.07, 6.45) is 0.932. The second-order valence-corrected chi connectivity index (χ2v) is 5.53. The van der Waals surface area contributed by atoms with E-state index in [9.17, 15) is 4.79 Å². The summed E-state index contributed by atoms with van der Waals surface area (Å²) in [4.78, 5) is 14.5. The van der Waals surface area contributed by atoms with Crippen molar-refractivity contribution >= 4 is 24.0 Å². The van der Waals surface area contributed by atoms with Crippen molar-refractivity contribution in [3.63, 3.8) is 0 Å². The molecule has 1 aliphatic heterocycles. The highest BCUT2D eigenvalue weighted by Gasteiger charge is 2.20. The van der Waals surface area contributed by atoms with E-state index < -0.39 is 0 Å². The lowest BCUT2D eigenvalue weighted by Crippen LogP contribution is -2.52. The van der Waals surface area contributed by atoms with Crippen molar-refractivity contribution in [2.75, 3.05) is 31.5 Å². The van der Waals surface area contributed by atoms with Gasteiger partial charge in [0.2, 0.25) is 5.91 Å². The van der Waals surface area contributed by atoms with E-state index in [4.69, 9.17) is 0 Å². The number of anilines is 1. The van der Waals surface area contributed by atoms with E-state index in [1.807, 2.05) is 19.1 Å². The first-order valence-corrected chi connectivity index (χ1v) is 7.45. The van der Waals surface area contributed by atoms with Crippen LogP contribution in [0.4, 0.5) is 5.69 Å². The minimum absolute atomic E-state index is 0. The predicted molar refractivity (Wildman–Crippen MR) is 90.3 cm³/mol. The fourth-order valence-corrected chi connectivity index (χ4v) is 2.68. The number of nitrogens with one attached hydrogen (secondary N) is 2. The number of halogens is 1. The number of hydrogen-bond donors (Lipinski definition) is 2. The predicted octanol–water partition coefficient (Wildman–Crippen LogP) is 2.21. The zero-order chi connectivity index (χ0) is 14.5. The Bertz CT molecular complexity index is 479. The van der Waals surface area contributed by atoms with E-state index in [2.05, 4.69) is 35.4 Å². The second kappa shape index (κ2) is 8.37. The van der Waals surface area contributed by atoms with Gasteiger partial charge in [-0.25, -0.2) is 0 Å². The third kappa shape index (κ3) is 4.70. The summed E-state index contributed by atoms with van der Waals surface area (Å²) in [7, 11) is 0. The molecule has 21 heavy (non-hydrogen) atoms. The summed E-state index contributed by atoms with van der Waals surface area (Å²) < 4.78 is 0. The molecule has 1 aliphatic rings. The lowest BCUT2D eigenvalue weighted by molar-refractivity contribution is -0.118. The van der Waals surface area contributed by atoms with E-state index >= 15 is 0 Å². The van der Waals surface area contributed by atoms with Crippen molar-refractivity contribution in [1.29, 1.82) is 0 Å². The maximum atomic E-state index is 12.3. The summed E-state index contributed by atoms with van der Waals surface area (Å²) in [5, 5.41) is 6.44. The number of piperazine rings is 1. The van der Waals surface area contributed by atoms with Crippen molar-refractivity contribution in [3.05, 3.63) is 29.3 Å². The van der Waals surface area contributed by atoms with Crippen LogP contribution >= 0.6 is 12.4 Å². The van der Waals surface area contributed by atoms with Gasteiger partial charge in [-0.1, -0.05) is 25.1 Å². The Morgan fingerprint density at radius 2 is 2.24 bits per heavy atom. The zero-order valence-corrected chi connectivity index (χ0v) is 13.9. The van der Waals surface area contributed by atoms with Crippen molar-refractivity contribution < 1.29 is 4.79 Å². The molecule has 4 nitrogen and oxygen atoms in total. The van der Waals surface area contributed by atoms with Gasteiger partial charge in [-0.15, -0.1) is 12.4 Å². The minimum Gasteiger partial charge on any atom is -0.324 e. The zero-order valence-electron chi connectivity index (χ0n) is 13.1. The fraction of sp³-hybridized carbons (Fsp3) is 0.562. The Hall–Kier alpha value is -1.10. The van der Waals surface area contributed by atoms with Crippen LogP contribution in [0.3, 0.4) is 0 Å². The summed E-state index contributed by atoms with van der Waals surface area (Å²) in [5.74, 6) is 0.0859. The number of nitrogens with zero attached hydrogens (tertiary/aromatic N) is 1. The number of benzene rings is 1. The summed E-state index contributed by atoms with van der Waals surface area (Å²) in [6, 6.07) is 6.58. The van der Waals surface area contributed by atoms with Crippen LogP contribution in [-0.2, 0) is 11.2 Å². The Labute approximate surface area is 133 Å². The SMILES string of the molecule is CCc1cccc(C)c1NC(=O)CN1CCNCC1C.Cl. The molecule has 1 aromatic rings. The lowest BCUT2D eigenvalue weighted by Gasteiger charge is -2.33. The topological polar surface area (TPSA) is 44.4 Å². The number of carbonyl (C=O) groups is 1. The lowest BCUT2D eigenvalue weighted by atomic mass is 10.1. The molecule has 0 bridgehead atoms. The van der Waals surface area contributed by atoms with E-state index in [0.717, 1.165) is 37.3 Å². The van der Waals surface area contributed by atoms with E-state index in [0.29, 0.717) is 12.6 Å². The largest absolute Gasteiger partial charge is 0.324 e. The minimum atomic E-state index is 0. The van der Waals surface area contributed by atoms with Gasteiger partial charge in [0, 0.05) is 31.4 Å². The van der Waals surface area contributed by atoms with Crippen molar-refractivity contribution in [1.82, 2.24) is 10.2 Å².